The average molecular weight is 338 g/mol. The summed E-state index contributed by atoms with van der Waals surface area (Å²) in [5.41, 5.74) is 1.03. The van der Waals surface area contributed by atoms with Crippen molar-refractivity contribution in [2.24, 2.45) is 5.92 Å². The van der Waals surface area contributed by atoms with E-state index in [0.717, 1.165) is 31.7 Å². The van der Waals surface area contributed by atoms with Crippen LogP contribution in [0.1, 0.15) is 24.0 Å². The minimum atomic E-state index is -0.301. The number of piperidine rings is 1. The van der Waals surface area contributed by atoms with E-state index in [4.69, 9.17) is 5.26 Å². The summed E-state index contributed by atoms with van der Waals surface area (Å²) in [6.07, 6.45) is 3.01. The Morgan fingerprint density at radius 2 is 2.04 bits per heavy atom. The molecule has 1 aromatic carbocycles. The number of halogens is 1. The summed E-state index contributed by atoms with van der Waals surface area (Å²) in [6.45, 7) is 1.68. The number of hydrogen-bond acceptors (Lipinski definition) is 4. The first-order valence-corrected chi connectivity index (χ1v) is 8.29. The number of carbonyl (C=O) groups is 1. The van der Waals surface area contributed by atoms with Crippen LogP contribution >= 0.6 is 0 Å². The summed E-state index contributed by atoms with van der Waals surface area (Å²) in [5, 5.41) is 11.6. The molecule has 1 N–H and O–H groups in total. The number of nitrogens with zero attached hydrogens (tertiary/aromatic N) is 3. The molecule has 0 spiro atoms. The van der Waals surface area contributed by atoms with Gasteiger partial charge in [-0.05, 0) is 31.0 Å². The van der Waals surface area contributed by atoms with Gasteiger partial charge in [-0.2, -0.15) is 5.26 Å². The Balaban J connectivity index is 1.50. The maximum absolute atomic E-state index is 13.6. The molecule has 1 aliphatic rings. The van der Waals surface area contributed by atoms with Gasteiger partial charge in [0.25, 0.3) is 0 Å². The number of carbonyl (C=O) groups excluding carboxylic acids is 1. The van der Waals surface area contributed by atoms with Crippen molar-refractivity contribution in [1.82, 2.24) is 10.3 Å². The Labute approximate surface area is 146 Å². The van der Waals surface area contributed by atoms with E-state index in [1.807, 2.05) is 12.1 Å². The SMILES string of the molecule is N#Cc1ccc(N2CCC(C(=O)NCc3ccccc3F)CC2)nc1. The number of amides is 1. The first-order valence-electron chi connectivity index (χ1n) is 8.29. The number of rotatable bonds is 4. The third kappa shape index (κ3) is 4.13. The lowest BCUT2D eigenvalue weighted by Crippen LogP contribution is -2.40. The highest BCUT2D eigenvalue weighted by Crippen LogP contribution is 2.22. The zero-order valence-corrected chi connectivity index (χ0v) is 13.8. The molecule has 1 aliphatic heterocycles. The van der Waals surface area contributed by atoms with Crippen LogP contribution in [-0.4, -0.2) is 24.0 Å². The Bertz CT molecular complexity index is 777. The van der Waals surface area contributed by atoms with E-state index in [1.165, 1.54) is 6.07 Å². The second-order valence-electron chi connectivity index (χ2n) is 6.09. The van der Waals surface area contributed by atoms with Crippen molar-refractivity contribution < 1.29 is 9.18 Å². The molecule has 0 radical (unpaired) electrons. The van der Waals surface area contributed by atoms with E-state index in [9.17, 15) is 9.18 Å². The first-order chi connectivity index (χ1) is 12.2. The third-order valence-electron chi connectivity index (χ3n) is 4.48. The van der Waals surface area contributed by atoms with Gasteiger partial charge in [0.05, 0.1) is 5.56 Å². The monoisotopic (exact) mass is 338 g/mol. The topological polar surface area (TPSA) is 69.0 Å². The lowest BCUT2D eigenvalue weighted by molar-refractivity contribution is -0.125. The molecular formula is C19H19FN4O. The van der Waals surface area contributed by atoms with Crippen molar-refractivity contribution in [2.45, 2.75) is 19.4 Å². The van der Waals surface area contributed by atoms with Gasteiger partial charge in [0.2, 0.25) is 5.91 Å². The van der Waals surface area contributed by atoms with Crippen molar-refractivity contribution in [1.29, 1.82) is 5.26 Å². The fourth-order valence-electron chi connectivity index (χ4n) is 2.98. The zero-order chi connectivity index (χ0) is 17.6. The van der Waals surface area contributed by atoms with E-state index >= 15 is 0 Å². The molecular weight excluding hydrogens is 319 g/mol. The quantitative estimate of drug-likeness (QED) is 0.930. The van der Waals surface area contributed by atoms with Gasteiger partial charge in [-0.1, -0.05) is 18.2 Å². The maximum atomic E-state index is 13.6. The summed E-state index contributed by atoms with van der Waals surface area (Å²) in [4.78, 5) is 18.7. The van der Waals surface area contributed by atoms with Gasteiger partial charge in [0, 0.05) is 37.3 Å². The molecule has 1 fully saturated rings. The predicted octanol–water partition coefficient (Wildman–Crippen LogP) is 2.63. The molecule has 0 atom stereocenters. The molecule has 6 heteroatoms. The highest BCUT2D eigenvalue weighted by Gasteiger charge is 2.25. The summed E-state index contributed by atoms with van der Waals surface area (Å²) >= 11 is 0. The van der Waals surface area contributed by atoms with Gasteiger partial charge in [-0.15, -0.1) is 0 Å². The molecule has 128 valence electrons. The van der Waals surface area contributed by atoms with Crippen molar-refractivity contribution in [2.75, 3.05) is 18.0 Å². The Morgan fingerprint density at radius 1 is 1.28 bits per heavy atom. The van der Waals surface area contributed by atoms with Gasteiger partial charge >= 0.3 is 0 Å². The Kier molecular flexibility index (Phi) is 5.24. The summed E-state index contributed by atoms with van der Waals surface area (Å²) < 4.78 is 13.6. The standard InChI is InChI=1S/C19H19FN4O/c20-17-4-2-1-3-16(17)13-23-19(25)15-7-9-24(10-8-15)18-6-5-14(11-21)12-22-18/h1-6,12,15H,7-10,13H2,(H,23,25). The molecule has 2 aromatic rings. The van der Waals surface area contributed by atoms with Crippen LogP contribution in [0.3, 0.4) is 0 Å². The fourth-order valence-corrected chi connectivity index (χ4v) is 2.98. The second kappa shape index (κ2) is 7.75. The largest absolute Gasteiger partial charge is 0.357 e. The van der Waals surface area contributed by atoms with Gasteiger partial charge in [-0.3, -0.25) is 4.79 Å². The van der Waals surface area contributed by atoms with E-state index in [0.29, 0.717) is 11.1 Å². The highest BCUT2D eigenvalue weighted by molar-refractivity contribution is 5.79. The lowest BCUT2D eigenvalue weighted by Gasteiger charge is -2.32. The van der Waals surface area contributed by atoms with Gasteiger partial charge in [0.15, 0.2) is 0 Å². The molecule has 1 saturated heterocycles. The molecule has 0 saturated carbocycles. The van der Waals surface area contributed by atoms with E-state index in [-0.39, 0.29) is 24.2 Å². The second-order valence-corrected chi connectivity index (χ2v) is 6.09. The highest BCUT2D eigenvalue weighted by atomic mass is 19.1. The number of anilines is 1. The summed E-state index contributed by atoms with van der Waals surface area (Å²) in [5.74, 6) is 0.422. The smallest absolute Gasteiger partial charge is 0.223 e. The maximum Gasteiger partial charge on any atom is 0.223 e. The molecule has 0 aliphatic carbocycles. The van der Waals surface area contributed by atoms with Gasteiger partial charge < -0.3 is 10.2 Å². The van der Waals surface area contributed by atoms with Crippen molar-refractivity contribution in [3.05, 3.63) is 59.5 Å². The Morgan fingerprint density at radius 3 is 2.68 bits per heavy atom. The molecule has 0 bridgehead atoms. The Hall–Kier alpha value is -2.94. The van der Waals surface area contributed by atoms with Crippen LogP contribution in [0, 0.1) is 23.1 Å². The molecule has 0 unspecified atom stereocenters. The molecule has 2 heterocycles. The minimum Gasteiger partial charge on any atom is -0.357 e. The third-order valence-corrected chi connectivity index (χ3v) is 4.48. The lowest BCUT2D eigenvalue weighted by atomic mass is 9.95. The van der Waals surface area contributed by atoms with Crippen LogP contribution in [-0.2, 0) is 11.3 Å². The molecule has 1 amide bonds. The average Bonchev–Trinajstić information content (AvgIpc) is 2.67. The fraction of sp³-hybridized carbons (Fsp3) is 0.316. The number of benzene rings is 1. The van der Waals surface area contributed by atoms with Crippen LogP contribution in [0.5, 0.6) is 0 Å². The van der Waals surface area contributed by atoms with Crippen LogP contribution in [0.4, 0.5) is 10.2 Å². The summed E-state index contributed by atoms with van der Waals surface area (Å²) in [6, 6.07) is 12.1. The van der Waals surface area contributed by atoms with E-state index in [1.54, 1.807) is 30.5 Å². The van der Waals surface area contributed by atoms with Crippen LogP contribution < -0.4 is 10.2 Å². The van der Waals surface area contributed by atoms with Crippen LogP contribution in [0.15, 0.2) is 42.6 Å². The minimum absolute atomic E-state index is 0.0318. The normalized spacial score (nSPS) is 14.8. The zero-order valence-electron chi connectivity index (χ0n) is 13.8. The van der Waals surface area contributed by atoms with Gasteiger partial charge in [0.1, 0.15) is 17.7 Å². The van der Waals surface area contributed by atoms with E-state index < -0.39 is 0 Å². The van der Waals surface area contributed by atoms with Crippen molar-refractivity contribution in [3.8, 4) is 6.07 Å². The van der Waals surface area contributed by atoms with Crippen LogP contribution in [0.2, 0.25) is 0 Å². The molecule has 25 heavy (non-hydrogen) atoms. The first kappa shape index (κ1) is 16.9. The van der Waals surface area contributed by atoms with Crippen molar-refractivity contribution in [3.63, 3.8) is 0 Å². The number of aromatic nitrogens is 1. The summed E-state index contributed by atoms with van der Waals surface area (Å²) in [7, 11) is 0. The van der Waals surface area contributed by atoms with E-state index in [2.05, 4.69) is 15.2 Å². The molecule has 3 rings (SSSR count). The number of hydrogen-bond donors (Lipinski definition) is 1. The number of nitriles is 1. The molecule has 5 nitrogen and oxygen atoms in total. The number of nitrogens with one attached hydrogen (secondary N) is 1. The number of pyridine rings is 1. The van der Waals surface area contributed by atoms with Crippen LogP contribution in [0.25, 0.3) is 0 Å². The van der Waals surface area contributed by atoms with Crippen molar-refractivity contribution >= 4 is 11.7 Å². The molecule has 1 aromatic heterocycles. The van der Waals surface area contributed by atoms with Gasteiger partial charge in [-0.25, -0.2) is 9.37 Å². The predicted molar refractivity (Wildman–Crippen MR) is 92.1 cm³/mol.